The van der Waals surface area contributed by atoms with Gasteiger partial charge in [-0.05, 0) is 98.2 Å². The van der Waals surface area contributed by atoms with Crippen molar-refractivity contribution in [3.63, 3.8) is 0 Å². The molecule has 2 aromatic rings. The van der Waals surface area contributed by atoms with Crippen LogP contribution in [0.3, 0.4) is 0 Å². The lowest BCUT2D eigenvalue weighted by Gasteiger charge is -2.45. The molecule has 0 aromatic heterocycles. The Bertz CT molecular complexity index is 1500. The molecule has 0 bridgehead atoms. The van der Waals surface area contributed by atoms with Crippen LogP contribution in [0.5, 0.6) is 5.75 Å². The van der Waals surface area contributed by atoms with E-state index in [0.29, 0.717) is 43.3 Å². The van der Waals surface area contributed by atoms with Crippen molar-refractivity contribution in [1.29, 1.82) is 0 Å². The summed E-state index contributed by atoms with van der Waals surface area (Å²) in [5.74, 6) is -0.148. The van der Waals surface area contributed by atoms with Gasteiger partial charge in [0.15, 0.2) is 0 Å². The predicted molar refractivity (Wildman–Crippen MR) is 171 cm³/mol. The molecule has 0 radical (unpaired) electrons. The number of primary sulfonamides is 1. The van der Waals surface area contributed by atoms with Gasteiger partial charge in [-0.3, -0.25) is 0 Å². The normalized spacial score (nSPS) is 25.3. The number of anilines is 1. The van der Waals surface area contributed by atoms with Crippen molar-refractivity contribution in [2.75, 3.05) is 31.7 Å². The van der Waals surface area contributed by atoms with Crippen molar-refractivity contribution in [3.05, 3.63) is 70.3 Å². The van der Waals surface area contributed by atoms with E-state index in [2.05, 4.69) is 11.0 Å². The number of methoxy groups -OCH3 is 1. The quantitative estimate of drug-likeness (QED) is 0.292. The second-order valence-electron chi connectivity index (χ2n) is 12.6. The largest absolute Gasteiger partial charge is 0.490 e. The van der Waals surface area contributed by atoms with E-state index in [1.807, 2.05) is 12.1 Å². The molecule has 11 heteroatoms. The summed E-state index contributed by atoms with van der Waals surface area (Å²) in [5, 5.41) is 26.2. The van der Waals surface area contributed by atoms with Gasteiger partial charge in [-0.25, -0.2) is 18.4 Å². The highest BCUT2D eigenvalue weighted by Gasteiger charge is 2.44. The van der Waals surface area contributed by atoms with Crippen LogP contribution in [-0.2, 0) is 26.6 Å². The van der Waals surface area contributed by atoms with Crippen molar-refractivity contribution in [2.24, 2.45) is 17.0 Å². The van der Waals surface area contributed by atoms with E-state index in [9.17, 15) is 23.4 Å². The number of carboxylic acid groups (broad SMARTS) is 1. The number of aliphatic hydroxyl groups is 1. The van der Waals surface area contributed by atoms with Crippen LogP contribution >= 0.6 is 11.6 Å². The van der Waals surface area contributed by atoms with Crippen LogP contribution in [0.25, 0.3) is 0 Å². The zero-order valence-electron chi connectivity index (χ0n) is 25.3. The number of fused-ring (bicyclic) bond motifs is 3. The zero-order chi connectivity index (χ0) is 31.6. The number of hydrogen-bond acceptors (Lipinski definition) is 7. The summed E-state index contributed by atoms with van der Waals surface area (Å²) in [6.07, 6.45) is 7.57. The Morgan fingerprint density at radius 1 is 1.27 bits per heavy atom. The van der Waals surface area contributed by atoms with Crippen molar-refractivity contribution in [1.82, 2.24) is 0 Å². The smallest absolute Gasteiger partial charge is 0.335 e. The summed E-state index contributed by atoms with van der Waals surface area (Å²) < 4.78 is 35.9. The number of aliphatic hydroxyl groups excluding tert-OH is 1. The molecular weight excluding hydrogens is 604 g/mol. The Labute approximate surface area is 265 Å². The van der Waals surface area contributed by atoms with Gasteiger partial charge in [-0.1, -0.05) is 36.7 Å². The number of ether oxygens (including phenoxy) is 2. The monoisotopic (exact) mass is 646 g/mol. The summed E-state index contributed by atoms with van der Waals surface area (Å²) in [6, 6.07) is 11.1. The van der Waals surface area contributed by atoms with E-state index in [0.717, 1.165) is 37.8 Å². The van der Waals surface area contributed by atoms with Crippen LogP contribution in [0.4, 0.5) is 5.69 Å². The Hall–Kier alpha value is -2.63. The minimum Gasteiger partial charge on any atom is -0.490 e. The molecule has 9 nitrogen and oxygen atoms in total. The third kappa shape index (κ3) is 6.79. The molecule has 4 N–H and O–H groups in total. The minimum atomic E-state index is -3.76. The topological polar surface area (TPSA) is 139 Å². The van der Waals surface area contributed by atoms with Crippen molar-refractivity contribution in [2.45, 2.75) is 74.7 Å². The molecule has 44 heavy (non-hydrogen) atoms. The van der Waals surface area contributed by atoms with Gasteiger partial charge < -0.3 is 24.6 Å². The van der Waals surface area contributed by atoms with E-state index in [1.54, 1.807) is 37.3 Å². The summed E-state index contributed by atoms with van der Waals surface area (Å²) in [6.45, 7) is 3.54. The average Bonchev–Trinajstić information content (AvgIpc) is 3.11. The van der Waals surface area contributed by atoms with Gasteiger partial charge in [-0.15, -0.1) is 0 Å². The lowest BCUT2D eigenvalue weighted by molar-refractivity contribution is 0.0451. The molecular formula is C33H43ClN2O7S. The number of hydrogen-bond donors (Lipinski definition) is 3. The maximum atomic E-state index is 12.0. The summed E-state index contributed by atoms with van der Waals surface area (Å²) in [4.78, 5) is 14.2. The Kier molecular flexibility index (Phi) is 9.96. The van der Waals surface area contributed by atoms with Gasteiger partial charge in [0.05, 0.1) is 30.1 Å². The van der Waals surface area contributed by atoms with Gasteiger partial charge in [0.1, 0.15) is 11.0 Å². The lowest BCUT2D eigenvalue weighted by Crippen LogP contribution is -2.49. The number of carbonyl (C=O) groups is 1. The first-order valence-electron chi connectivity index (χ1n) is 15.4. The average molecular weight is 647 g/mol. The number of nitrogens with zero attached hydrogens (tertiary/aromatic N) is 1. The van der Waals surface area contributed by atoms with Crippen LogP contribution in [0.15, 0.2) is 48.6 Å². The second kappa shape index (κ2) is 13.4. The molecule has 1 saturated carbocycles. The van der Waals surface area contributed by atoms with Gasteiger partial charge >= 0.3 is 5.97 Å². The van der Waals surface area contributed by atoms with Crippen LogP contribution in [0, 0.1) is 11.8 Å². The molecule has 3 aliphatic rings. The van der Waals surface area contributed by atoms with Crippen LogP contribution in [0.2, 0.25) is 5.02 Å². The van der Waals surface area contributed by atoms with Crippen LogP contribution in [0.1, 0.15) is 66.9 Å². The fourth-order valence-electron chi connectivity index (χ4n) is 7.40. The maximum absolute atomic E-state index is 12.0. The third-order valence-electron chi connectivity index (χ3n) is 9.90. The molecule has 1 spiro atoms. The van der Waals surface area contributed by atoms with Gasteiger partial charge in [0.25, 0.3) is 0 Å². The first-order valence-corrected chi connectivity index (χ1v) is 17.4. The molecule has 2 aromatic carbocycles. The SMILES string of the molecule is CC[C@H]([C@H](C/C=C/[C@H](O)[C@@H]1CC[C@H]1CN1C[C@@]2(CCCc3cc(Cl)ccc32)COc2ccc(C(=O)O)cc21)OC)S(N)(=O)=O. The standard InChI is InChI=1S/C33H43ClN2O7S/c1-3-31(44(35,40)41)30(42-2)8-4-7-28(37)25-12-9-23(25)18-36-19-33(15-5-6-21-16-24(34)11-13-26(21)33)20-43-29-14-10-22(32(38)39)17-27(29)36/h4,7,10-11,13-14,16-17,23,25,28,30-31,37H,3,5-6,8-9,12,15,18-20H2,1-2H3,(H,38,39)(H2,35,40,41)/b7-4+/t23-,25+,28-,30-,31+,33-/m0/s1. The number of nitrogens with two attached hydrogens (primary N) is 1. The third-order valence-corrected chi connectivity index (χ3v) is 11.6. The number of sulfonamides is 1. The van der Waals surface area contributed by atoms with E-state index in [1.165, 1.54) is 18.2 Å². The Morgan fingerprint density at radius 2 is 2.07 bits per heavy atom. The Morgan fingerprint density at radius 3 is 2.73 bits per heavy atom. The number of benzene rings is 2. The molecule has 1 fully saturated rings. The van der Waals surface area contributed by atoms with Gasteiger partial charge in [0.2, 0.25) is 10.0 Å². The molecule has 5 rings (SSSR count). The number of halogens is 1. The van der Waals surface area contributed by atoms with E-state index >= 15 is 0 Å². The second-order valence-corrected chi connectivity index (χ2v) is 14.8. The first-order chi connectivity index (χ1) is 21.0. The van der Waals surface area contributed by atoms with E-state index < -0.39 is 33.5 Å². The Balaban J connectivity index is 1.37. The molecule has 240 valence electrons. The molecule has 1 aliphatic heterocycles. The number of carboxylic acids is 1. The summed E-state index contributed by atoms with van der Waals surface area (Å²) in [5.41, 5.74) is 3.14. The fourth-order valence-corrected chi connectivity index (χ4v) is 8.71. The molecule has 0 unspecified atom stereocenters. The van der Waals surface area contributed by atoms with E-state index in [-0.39, 0.29) is 22.8 Å². The maximum Gasteiger partial charge on any atom is 0.335 e. The molecule has 0 saturated heterocycles. The van der Waals surface area contributed by atoms with Gasteiger partial charge in [-0.2, -0.15) is 0 Å². The molecule has 2 aliphatic carbocycles. The number of aromatic carboxylic acids is 1. The van der Waals surface area contributed by atoms with Crippen LogP contribution in [-0.4, -0.2) is 68.9 Å². The van der Waals surface area contributed by atoms with E-state index in [4.69, 9.17) is 26.2 Å². The first kappa shape index (κ1) is 32.8. The summed E-state index contributed by atoms with van der Waals surface area (Å²) >= 11 is 6.36. The molecule has 0 amide bonds. The minimum absolute atomic E-state index is 0.0103. The van der Waals surface area contributed by atoms with Crippen LogP contribution < -0.4 is 14.8 Å². The highest BCUT2D eigenvalue weighted by Crippen LogP contribution is 2.46. The van der Waals surface area contributed by atoms with Crippen molar-refractivity contribution >= 4 is 33.3 Å². The number of aryl methyl sites for hydroxylation is 1. The molecule has 1 heterocycles. The highest BCUT2D eigenvalue weighted by molar-refractivity contribution is 7.89. The number of rotatable bonds is 11. The molecule has 6 atom stereocenters. The van der Waals surface area contributed by atoms with Crippen molar-refractivity contribution in [3.8, 4) is 5.75 Å². The fraction of sp³-hybridized carbons (Fsp3) is 0.545. The van der Waals surface area contributed by atoms with Gasteiger partial charge in [0, 0.05) is 30.6 Å². The highest BCUT2D eigenvalue weighted by atomic mass is 35.5. The summed E-state index contributed by atoms with van der Waals surface area (Å²) in [7, 11) is -2.29. The predicted octanol–water partition coefficient (Wildman–Crippen LogP) is 4.93. The van der Waals surface area contributed by atoms with Crippen molar-refractivity contribution < 1.29 is 32.9 Å². The lowest BCUT2D eigenvalue weighted by atomic mass is 9.68. The zero-order valence-corrected chi connectivity index (χ0v) is 26.9.